The Balaban J connectivity index is 1.36. The lowest BCUT2D eigenvalue weighted by Crippen LogP contribution is -2.43. The smallest absolute Gasteiger partial charge is 0.330 e. The first kappa shape index (κ1) is 26.7. The molecule has 1 aromatic carbocycles. The molecule has 206 valence electrons. The van der Waals surface area contributed by atoms with E-state index in [2.05, 4.69) is 42.5 Å². The zero-order valence-electron chi connectivity index (χ0n) is 22.2. The van der Waals surface area contributed by atoms with E-state index in [1.54, 1.807) is 66.7 Å². The number of carbonyl (C=O) groups excluding carboxylic acids is 3. The maximum absolute atomic E-state index is 13.2. The molecule has 0 aliphatic carbocycles. The van der Waals surface area contributed by atoms with Crippen LogP contribution in [-0.2, 0) is 11.3 Å². The van der Waals surface area contributed by atoms with Crippen LogP contribution >= 0.6 is 0 Å². The van der Waals surface area contributed by atoms with Gasteiger partial charge in [0.25, 0.3) is 5.91 Å². The van der Waals surface area contributed by atoms with Gasteiger partial charge in [-0.1, -0.05) is 6.58 Å². The number of nitrogens with zero attached hydrogens (tertiary/aromatic N) is 6. The van der Waals surface area contributed by atoms with Gasteiger partial charge in [-0.3, -0.25) is 14.6 Å². The fraction of sp³-hybridized carbons (Fsp3) is 0.107. The second-order valence-corrected chi connectivity index (χ2v) is 8.82. The van der Waals surface area contributed by atoms with Crippen molar-refractivity contribution in [1.29, 1.82) is 0 Å². The molecule has 13 heteroatoms. The number of ether oxygens (including phenoxy) is 1. The second-order valence-electron chi connectivity index (χ2n) is 8.82. The van der Waals surface area contributed by atoms with Crippen molar-refractivity contribution in [3.8, 4) is 11.5 Å². The highest BCUT2D eigenvalue weighted by Crippen LogP contribution is 2.34. The van der Waals surface area contributed by atoms with Crippen LogP contribution in [0.15, 0.2) is 79.8 Å². The molecule has 4 heterocycles. The van der Waals surface area contributed by atoms with Crippen LogP contribution in [0.5, 0.6) is 11.5 Å². The van der Waals surface area contributed by atoms with Crippen molar-refractivity contribution in [2.75, 3.05) is 29.6 Å². The summed E-state index contributed by atoms with van der Waals surface area (Å²) in [6.45, 7) is 3.77. The van der Waals surface area contributed by atoms with Crippen molar-refractivity contribution >= 4 is 46.8 Å². The minimum Gasteiger partial charge on any atom is -0.457 e. The van der Waals surface area contributed by atoms with Crippen molar-refractivity contribution in [3.63, 3.8) is 0 Å². The molecule has 1 aliphatic rings. The highest BCUT2D eigenvalue weighted by molar-refractivity contribution is 6.02. The second kappa shape index (κ2) is 11.5. The monoisotopic (exact) mass is 551 g/mol. The Morgan fingerprint density at radius 1 is 1.02 bits per heavy atom. The quantitative estimate of drug-likeness (QED) is 0.276. The van der Waals surface area contributed by atoms with Crippen molar-refractivity contribution < 1.29 is 19.1 Å². The van der Waals surface area contributed by atoms with E-state index in [1.807, 2.05) is 0 Å². The molecule has 4 amide bonds. The van der Waals surface area contributed by atoms with Gasteiger partial charge in [0.15, 0.2) is 5.82 Å². The first-order valence-electron chi connectivity index (χ1n) is 12.4. The molecule has 3 N–H and O–H groups in total. The summed E-state index contributed by atoms with van der Waals surface area (Å²) in [6, 6.07) is 13.2. The summed E-state index contributed by atoms with van der Waals surface area (Å²) >= 11 is 0. The number of benzene rings is 1. The number of fused-ring (bicyclic) bond motifs is 1. The molecular weight excluding hydrogens is 526 g/mol. The number of pyridine rings is 2. The largest absolute Gasteiger partial charge is 0.457 e. The molecule has 13 nitrogen and oxygen atoms in total. The third-order valence-corrected chi connectivity index (χ3v) is 5.95. The standard InChI is InChI=1S/C28H25N9O4/c1-4-24(38)34-23-13-19(9-11-31-23)37-25-17(16-36(3)28(37)40)15-32-27(35-25)33-18-5-7-20(8-6-18)41-21-10-12-30-22(14-21)26(39)29-2/h4-15H,1,16H2,2-3H3,(H,29,39)(H,31,34,38)(H,32,33,35). The molecule has 0 saturated carbocycles. The molecule has 0 fully saturated rings. The molecule has 5 rings (SSSR count). The Morgan fingerprint density at radius 3 is 2.56 bits per heavy atom. The normalized spacial score (nSPS) is 12.3. The molecular formula is C28H25N9O4. The van der Waals surface area contributed by atoms with E-state index in [1.165, 1.54) is 24.3 Å². The Hall–Kier alpha value is -5.85. The Bertz CT molecular complexity index is 1640. The summed E-state index contributed by atoms with van der Waals surface area (Å²) in [6.07, 6.45) is 5.78. The molecule has 0 unspecified atom stereocenters. The maximum atomic E-state index is 13.2. The number of rotatable bonds is 8. The molecule has 41 heavy (non-hydrogen) atoms. The summed E-state index contributed by atoms with van der Waals surface area (Å²) in [5.74, 6) is 1.23. The topological polar surface area (TPSA) is 155 Å². The van der Waals surface area contributed by atoms with Gasteiger partial charge >= 0.3 is 6.03 Å². The lowest BCUT2D eigenvalue weighted by molar-refractivity contribution is -0.111. The summed E-state index contributed by atoms with van der Waals surface area (Å²) in [5, 5.41) is 8.27. The third-order valence-electron chi connectivity index (χ3n) is 5.95. The van der Waals surface area contributed by atoms with Gasteiger partial charge in [-0.15, -0.1) is 0 Å². The van der Waals surface area contributed by atoms with Gasteiger partial charge in [0, 0.05) is 56.1 Å². The molecule has 0 bridgehead atoms. The average Bonchev–Trinajstić information content (AvgIpc) is 2.99. The van der Waals surface area contributed by atoms with E-state index in [-0.39, 0.29) is 29.4 Å². The maximum Gasteiger partial charge on any atom is 0.330 e. The SMILES string of the molecule is C=CC(=O)Nc1cc(N2C(=O)N(C)Cc3cnc(Nc4ccc(Oc5ccnc(C(=O)NC)c5)cc4)nc32)ccn1. The first-order chi connectivity index (χ1) is 19.8. The zero-order valence-corrected chi connectivity index (χ0v) is 22.2. The summed E-state index contributed by atoms with van der Waals surface area (Å²) < 4.78 is 5.85. The van der Waals surface area contributed by atoms with Crippen LogP contribution in [-0.4, -0.2) is 56.8 Å². The van der Waals surface area contributed by atoms with E-state index >= 15 is 0 Å². The van der Waals surface area contributed by atoms with E-state index in [0.29, 0.717) is 35.2 Å². The summed E-state index contributed by atoms with van der Waals surface area (Å²) in [5.41, 5.74) is 2.14. The fourth-order valence-corrected chi connectivity index (χ4v) is 3.98. The molecule has 0 atom stereocenters. The number of aromatic nitrogens is 4. The number of carbonyl (C=O) groups is 3. The van der Waals surface area contributed by atoms with Gasteiger partial charge in [0.2, 0.25) is 11.9 Å². The van der Waals surface area contributed by atoms with Crippen molar-refractivity contribution in [3.05, 3.63) is 91.0 Å². The van der Waals surface area contributed by atoms with Crippen LogP contribution in [0.1, 0.15) is 16.1 Å². The van der Waals surface area contributed by atoms with Crippen molar-refractivity contribution in [1.82, 2.24) is 30.2 Å². The summed E-state index contributed by atoms with van der Waals surface area (Å²) in [7, 11) is 3.21. The van der Waals surface area contributed by atoms with E-state index in [4.69, 9.17) is 4.74 Å². The zero-order chi connectivity index (χ0) is 28.9. The number of amides is 4. The molecule has 4 aromatic rings. The highest BCUT2D eigenvalue weighted by atomic mass is 16.5. The molecule has 0 spiro atoms. The van der Waals surface area contributed by atoms with E-state index in [0.717, 1.165) is 11.6 Å². The minimum absolute atomic E-state index is 0.246. The van der Waals surface area contributed by atoms with E-state index < -0.39 is 5.91 Å². The van der Waals surface area contributed by atoms with Crippen molar-refractivity contribution in [2.24, 2.45) is 0 Å². The predicted octanol–water partition coefficient (Wildman–Crippen LogP) is 3.99. The average molecular weight is 552 g/mol. The van der Waals surface area contributed by atoms with Crippen LogP contribution in [0.2, 0.25) is 0 Å². The number of urea groups is 1. The van der Waals surface area contributed by atoms with Gasteiger partial charge in [0.1, 0.15) is 23.0 Å². The fourth-order valence-electron chi connectivity index (χ4n) is 3.98. The van der Waals surface area contributed by atoms with Crippen LogP contribution < -0.4 is 25.6 Å². The number of anilines is 5. The Morgan fingerprint density at radius 2 is 1.80 bits per heavy atom. The number of hydrogen-bond donors (Lipinski definition) is 3. The number of hydrogen-bond acceptors (Lipinski definition) is 9. The van der Waals surface area contributed by atoms with Gasteiger partial charge in [-0.25, -0.2) is 19.7 Å². The van der Waals surface area contributed by atoms with Gasteiger partial charge < -0.3 is 25.6 Å². The van der Waals surface area contributed by atoms with Crippen LogP contribution in [0.3, 0.4) is 0 Å². The Labute approximate surface area is 234 Å². The molecule has 0 saturated heterocycles. The van der Waals surface area contributed by atoms with Gasteiger partial charge in [-0.05, 0) is 42.5 Å². The van der Waals surface area contributed by atoms with Crippen LogP contribution in [0, 0.1) is 0 Å². The van der Waals surface area contributed by atoms with Crippen LogP contribution in [0.4, 0.5) is 33.8 Å². The molecule has 1 aliphatic heterocycles. The molecule has 0 radical (unpaired) electrons. The van der Waals surface area contributed by atoms with Gasteiger partial charge in [0.05, 0.1) is 12.2 Å². The predicted molar refractivity (Wildman–Crippen MR) is 152 cm³/mol. The Kier molecular flexibility index (Phi) is 7.50. The van der Waals surface area contributed by atoms with Crippen LogP contribution in [0.25, 0.3) is 0 Å². The summed E-state index contributed by atoms with van der Waals surface area (Å²) in [4.78, 5) is 57.0. The highest BCUT2D eigenvalue weighted by Gasteiger charge is 2.31. The lowest BCUT2D eigenvalue weighted by atomic mass is 10.2. The lowest BCUT2D eigenvalue weighted by Gasteiger charge is -2.34. The minimum atomic E-state index is -0.420. The van der Waals surface area contributed by atoms with Gasteiger partial charge in [-0.2, -0.15) is 4.98 Å². The first-order valence-corrected chi connectivity index (χ1v) is 12.4. The molecule has 3 aromatic heterocycles. The third kappa shape index (κ3) is 5.93. The van der Waals surface area contributed by atoms with Crippen molar-refractivity contribution in [2.45, 2.75) is 6.54 Å². The number of nitrogens with one attached hydrogen (secondary N) is 3. The van der Waals surface area contributed by atoms with E-state index in [9.17, 15) is 14.4 Å².